The summed E-state index contributed by atoms with van der Waals surface area (Å²) in [6, 6.07) is 9.31. The highest BCUT2D eigenvalue weighted by atomic mass is 16.3. The molecule has 1 saturated heterocycles. The minimum Gasteiger partial charge on any atom is -0.464 e. The van der Waals surface area contributed by atoms with E-state index in [4.69, 9.17) is 4.42 Å². The Hall–Kier alpha value is -1.65. The van der Waals surface area contributed by atoms with Crippen LogP contribution < -0.4 is 5.32 Å². The molecule has 1 N–H and O–H groups in total. The van der Waals surface area contributed by atoms with Crippen LogP contribution in [0.25, 0.3) is 0 Å². The standard InChI is InChI=1S/C20H29N3O/c1-3-19-4-5-20(24-19)16(2)22-18-9-14-23(15-10-18)13-8-17-6-11-21-12-7-17/h4-7,11-12,16,18,22H,3,8-10,13-15H2,1-2H3/t16-/m1/s1. The number of likely N-dealkylation sites (tertiary alicyclic amines) is 1. The predicted octanol–water partition coefficient (Wildman–Crippen LogP) is 3.59. The van der Waals surface area contributed by atoms with E-state index in [1.807, 2.05) is 12.4 Å². The van der Waals surface area contributed by atoms with Gasteiger partial charge in [0.2, 0.25) is 0 Å². The van der Waals surface area contributed by atoms with Crippen LogP contribution in [0.2, 0.25) is 0 Å². The lowest BCUT2D eigenvalue weighted by molar-refractivity contribution is 0.191. The molecule has 0 spiro atoms. The van der Waals surface area contributed by atoms with Crippen molar-refractivity contribution in [2.24, 2.45) is 0 Å². The summed E-state index contributed by atoms with van der Waals surface area (Å²) in [5, 5.41) is 3.74. The van der Waals surface area contributed by atoms with Crippen molar-refractivity contribution in [3.63, 3.8) is 0 Å². The first-order valence-electron chi connectivity index (χ1n) is 9.20. The van der Waals surface area contributed by atoms with Crippen molar-refractivity contribution < 1.29 is 4.42 Å². The van der Waals surface area contributed by atoms with Crippen LogP contribution in [-0.4, -0.2) is 35.6 Å². The first-order valence-corrected chi connectivity index (χ1v) is 9.20. The lowest BCUT2D eigenvalue weighted by atomic mass is 10.0. The Bertz CT molecular complexity index is 602. The summed E-state index contributed by atoms with van der Waals surface area (Å²) >= 11 is 0. The highest BCUT2D eigenvalue weighted by Crippen LogP contribution is 2.20. The van der Waals surface area contributed by atoms with E-state index >= 15 is 0 Å². The van der Waals surface area contributed by atoms with Gasteiger partial charge in [0.15, 0.2) is 0 Å². The predicted molar refractivity (Wildman–Crippen MR) is 97.0 cm³/mol. The molecule has 3 heterocycles. The fourth-order valence-electron chi connectivity index (χ4n) is 3.41. The number of piperidine rings is 1. The normalized spacial score (nSPS) is 17.9. The summed E-state index contributed by atoms with van der Waals surface area (Å²) in [5.41, 5.74) is 1.38. The maximum Gasteiger partial charge on any atom is 0.120 e. The van der Waals surface area contributed by atoms with Crippen molar-refractivity contribution >= 4 is 0 Å². The van der Waals surface area contributed by atoms with Gasteiger partial charge in [-0.3, -0.25) is 4.98 Å². The molecule has 0 amide bonds. The summed E-state index contributed by atoms with van der Waals surface area (Å²) in [6.45, 7) is 7.82. The summed E-state index contributed by atoms with van der Waals surface area (Å²) in [4.78, 5) is 6.65. The van der Waals surface area contributed by atoms with Gasteiger partial charge in [0.25, 0.3) is 0 Å². The number of furan rings is 1. The van der Waals surface area contributed by atoms with Crippen LogP contribution in [0.4, 0.5) is 0 Å². The van der Waals surface area contributed by atoms with E-state index in [0.717, 1.165) is 30.9 Å². The number of hydrogen-bond acceptors (Lipinski definition) is 4. The number of aromatic nitrogens is 1. The zero-order valence-corrected chi connectivity index (χ0v) is 14.9. The molecule has 0 aliphatic carbocycles. The van der Waals surface area contributed by atoms with Crippen molar-refractivity contribution in [1.82, 2.24) is 15.2 Å². The number of aryl methyl sites for hydroxylation is 1. The quantitative estimate of drug-likeness (QED) is 0.844. The maximum absolute atomic E-state index is 5.87. The SMILES string of the molecule is CCc1ccc([C@@H](C)NC2CCN(CCc3ccncc3)CC2)o1. The molecule has 4 nitrogen and oxygen atoms in total. The van der Waals surface area contributed by atoms with Crippen molar-refractivity contribution in [1.29, 1.82) is 0 Å². The van der Waals surface area contributed by atoms with Gasteiger partial charge in [0.1, 0.15) is 11.5 Å². The van der Waals surface area contributed by atoms with Crippen LogP contribution in [0.1, 0.15) is 49.8 Å². The van der Waals surface area contributed by atoms with E-state index < -0.39 is 0 Å². The largest absolute Gasteiger partial charge is 0.464 e. The van der Waals surface area contributed by atoms with Gasteiger partial charge in [-0.25, -0.2) is 0 Å². The highest BCUT2D eigenvalue weighted by Gasteiger charge is 2.21. The minimum atomic E-state index is 0.290. The first kappa shape index (κ1) is 17.2. The molecule has 2 aromatic heterocycles. The van der Waals surface area contributed by atoms with Crippen molar-refractivity contribution in [3.8, 4) is 0 Å². The van der Waals surface area contributed by atoms with E-state index in [9.17, 15) is 0 Å². The molecule has 24 heavy (non-hydrogen) atoms. The molecule has 3 rings (SSSR count). The van der Waals surface area contributed by atoms with Gasteiger partial charge in [0, 0.05) is 31.4 Å². The molecular formula is C20H29N3O. The monoisotopic (exact) mass is 327 g/mol. The maximum atomic E-state index is 5.87. The highest BCUT2D eigenvalue weighted by molar-refractivity contribution is 5.11. The molecule has 130 valence electrons. The second kappa shape index (κ2) is 8.45. The Labute approximate surface area is 145 Å². The summed E-state index contributed by atoms with van der Waals surface area (Å²) in [6.07, 6.45) is 8.26. The Kier molecular flexibility index (Phi) is 6.05. The van der Waals surface area contributed by atoms with Gasteiger partial charge in [-0.05, 0) is 69.1 Å². The molecule has 0 aromatic carbocycles. The van der Waals surface area contributed by atoms with Crippen LogP contribution in [0, 0.1) is 0 Å². The number of pyridine rings is 1. The third kappa shape index (κ3) is 4.68. The van der Waals surface area contributed by atoms with Crippen LogP contribution in [0.5, 0.6) is 0 Å². The summed E-state index contributed by atoms with van der Waals surface area (Å²) in [7, 11) is 0. The lowest BCUT2D eigenvalue weighted by Crippen LogP contribution is -2.43. The molecule has 2 aromatic rings. The van der Waals surface area contributed by atoms with Gasteiger partial charge >= 0.3 is 0 Å². The second-order valence-corrected chi connectivity index (χ2v) is 6.77. The average molecular weight is 327 g/mol. The Morgan fingerprint density at radius 1 is 1.21 bits per heavy atom. The van der Waals surface area contributed by atoms with Crippen LogP contribution in [-0.2, 0) is 12.8 Å². The van der Waals surface area contributed by atoms with Gasteiger partial charge in [-0.15, -0.1) is 0 Å². The van der Waals surface area contributed by atoms with Gasteiger partial charge < -0.3 is 14.6 Å². The smallest absolute Gasteiger partial charge is 0.120 e. The molecule has 1 atom stereocenters. The number of nitrogens with zero attached hydrogens (tertiary/aromatic N) is 2. The third-order valence-corrected chi connectivity index (χ3v) is 5.00. The first-order chi connectivity index (χ1) is 11.7. The van der Waals surface area contributed by atoms with E-state index in [-0.39, 0.29) is 0 Å². The molecule has 1 aliphatic heterocycles. The number of nitrogens with one attached hydrogen (secondary N) is 1. The molecule has 0 unspecified atom stereocenters. The van der Waals surface area contributed by atoms with Crippen LogP contribution >= 0.6 is 0 Å². The van der Waals surface area contributed by atoms with Crippen LogP contribution in [0.3, 0.4) is 0 Å². The van der Waals surface area contributed by atoms with Crippen molar-refractivity contribution in [2.45, 2.75) is 51.6 Å². The second-order valence-electron chi connectivity index (χ2n) is 6.77. The molecule has 0 radical (unpaired) electrons. The fourth-order valence-corrected chi connectivity index (χ4v) is 3.41. The van der Waals surface area contributed by atoms with Crippen molar-refractivity contribution in [3.05, 3.63) is 53.7 Å². The zero-order chi connectivity index (χ0) is 16.8. The van der Waals surface area contributed by atoms with Gasteiger partial charge in [-0.2, -0.15) is 0 Å². The molecule has 4 heteroatoms. The molecular weight excluding hydrogens is 298 g/mol. The Balaban J connectivity index is 1.40. The molecule has 1 fully saturated rings. The molecule has 0 saturated carbocycles. The van der Waals surface area contributed by atoms with E-state index in [0.29, 0.717) is 12.1 Å². The number of rotatable bonds is 7. The Morgan fingerprint density at radius 3 is 2.62 bits per heavy atom. The lowest BCUT2D eigenvalue weighted by Gasteiger charge is -2.33. The van der Waals surface area contributed by atoms with Crippen molar-refractivity contribution in [2.75, 3.05) is 19.6 Å². The topological polar surface area (TPSA) is 41.3 Å². The number of hydrogen-bond donors (Lipinski definition) is 1. The Morgan fingerprint density at radius 2 is 1.96 bits per heavy atom. The minimum absolute atomic E-state index is 0.290. The van der Waals surface area contributed by atoms with E-state index in [1.54, 1.807) is 0 Å². The van der Waals surface area contributed by atoms with E-state index in [2.05, 4.69) is 53.3 Å². The fraction of sp³-hybridized carbons (Fsp3) is 0.550. The third-order valence-electron chi connectivity index (χ3n) is 5.00. The molecule has 1 aliphatic rings. The summed E-state index contributed by atoms with van der Waals surface area (Å²) in [5.74, 6) is 2.14. The summed E-state index contributed by atoms with van der Waals surface area (Å²) < 4.78 is 5.87. The average Bonchev–Trinajstić information content (AvgIpc) is 3.11. The van der Waals surface area contributed by atoms with Crippen LogP contribution in [0.15, 0.2) is 41.1 Å². The molecule has 0 bridgehead atoms. The zero-order valence-electron chi connectivity index (χ0n) is 14.9. The van der Waals surface area contributed by atoms with Gasteiger partial charge in [-0.1, -0.05) is 6.92 Å². The van der Waals surface area contributed by atoms with Gasteiger partial charge in [0.05, 0.1) is 6.04 Å². The van der Waals surface area contributed by atoms with E-state index in [1.165, 1.54) is 31.5 Å².